The first-order valence-corrected chi connectivity index (χ1v) is 5.42. The summed E-state index contributed by atoms with van der Waals surface area (Å²) in [6.07, 6.45) is 3.12. The molecule has 5 heteroatoms. The first-order valence-electron chi connectivity index (χ1n) is 5.42. The third-order valence-corrected chi connectivity index (χ3v) is 2.98. The number of nitrogens with one attached hydrogen (secondary N) is 1. The number of rotatable bonds is 3. The summed E-state index contributed by atoms with van der Waals surface area (Å²) in [6.45, 7) is 1.75. The van der Waals surface area contributed by atoms with Gasteiger partial charge in [0.25, 0.3) is 0 Å². The molecule has 0 amide bonds. The van der Waals surface area contributed by atoms with Crippen molar-refractivity contribution >= 4 is 5.82 Å². The molecule has 0 aromatic carbocycles. The largest absolute Gasteiger partial charge is 0.381 e. The Morgan fingerprint density at radius 1 is 1.50 bits per heavy atom. The maximum Gasteiger partial charge on any atom is 0.165 e. The smallest absolute Gasteiger partial charge is 0.165 e. The van der Waals surface area contributed by atoms with Crippen molar-refractivity contribution < 1.29 is 9.13 Å². The quantitative estimate of drug-likeness (QED) is 0.810. The Hall–Kier alpha value is -1.20. The molecule has 1 aliphatic heterocycles. The van der Waals surface area contributed by atoms with Crippen LogP contribution < -0.4 is 11.1 Å². The number of hydrogen-bond donors (Lipinski definition) is 2. The average molecular weight is 225 g/mol. The molecule has 0 spiro atoms. The molecule has 1 fully saturated rings. The number of aromatic nitrogens is 1. The third-order valence-electron chi connectivity index (χ3n) is 2.98. The lowest BCUT2D eigenvalue weighted by Gasteiger charge is -2.37. The van der Waals surface area contributed by atoms with E-state index >= 15 is 0 Å². The van der Waals surface area contributed by atoms with E-state index in [1.807, 2.05) is 0 Å². The van der Waals surface area contributed by atoms with Gasteiger partial charge in [-0.25, -0.2) is 9.37 Å². The Morgan fingerprint density at radius 3 is 2.88 bits per heavy atom. The van der Waals surface area contributed by atoms with Gasteiger partial charge in [-0.2, -0.15) is 0 Å². The lowest BCUT2D eigenvalue weighted by Crippen LogP contribution is -2.50. The molecule has 2 heterocycles. The van der Waals surface area contributed by atoms with E-state index in [4.69, 9.17) is 10.5 Å². The minimum absolute atomic E-state index is 0.273. The second-order valence-electron chi connectivity index (χ2n) is 4.06. The molecule has 1 aromatic heterocycles. The Balaban J connectivity index is 2.15. The van der Waals surface area contributed by atoms with Gasteiger partial charge < -0.3 is 15.8 Å². The van der Waals surface area contributed by atoms with Crippen molar-refractivity contribution in [1.29, 1.82) is 0 Å². The van der Waals surface area contributed by atoms with Crippen LogP contribution >= 0.6 is 0 Å². The molecule has 0 bridgehead atoms. The minimum Gasteiger partial charge on any atom is -0.381 e. The molecule has 0 unspecified atom stereocenters. The highest BCUT2D eigenvalue weighted by molar-refractivity contribution is 5.39. The van der Waals surface area contributed by atoms with Crippen molar-refractivity contribution in [2.45, 2.75) is 18.4 Å². The zero-order valence-corrected chi connectivity index (χ0v) is 9.08. The summed E-state index contributed by atoms with van der Waals surface area (Å²) in [5.41, 5.74) is 5.48. The van der Waals surface area contributed by atoms with Crippen molar-refractivity contribution in [3.63, 3.8) is 0 Å². The van der Waals surface area contributed by atoms with E-state index in [-0.39, 0.29) is 17.2 Å². The molecule has 0 aliphatic carbocycles. The van der Waals surface area contributed by atoms with Crippen molar-refractivity contribution in [2.75, 3.05) is 25.1 Å². The molecular formula is C11H16FN3O. The number of nitrogens with two attached hydrogens (primary N) is 1. The predicted molar refractivity (Wildman–Crippen MR) is 59.7 cm³/mol. The van der Waals surface area contributed by atoms with Crippen LogP contribution in [0.4, 0.5) is 10.2 Å². The SMILES string of the molecule is NCC1(Nc2ncccc2F)CCOCC1. The van der Waals surface area contributed by atoms with Crippen LogP contribution in [0.1, 0.15) is 12.8 Å². The van der Waals surface area contributed by atoms with Gasteiger partial charge in [-0.1, -0.05) is 0 Å². The molecule has 1 aliphatic rings. The number of pyridine rings is 1. The van der Waals surface area contributed by atoms with Gasteiger partial charge in [0.15, 0.2) is 11.6 Å². The van der Waals surface area contributed by atoms with Crippen LogP contribution in [0, 0.1) is 5.82 Å². The van der Waals surface area contributed by atoms with Crippen LogP contribution in [0.15, 0.2) is 18.3 Å². The average Bonchev–Trinajstić information content (AvgIpc) is 2.33. The molecule has 16 heavy (non-hydrogen) atoms. The predicted octanol–water partition coefficient (Wildman–Crippen LogP) is 1.14. The summed E-state index contributed by atoms with van der Waals surface area (Å²) in [6, 6.07) is 2.96. The van der Waals surface area contributed by atoms with Crippen LogP contribution in [0.2, 0.25) is 0 Å². The lowest BCUT2D eigenvalue weighted by molar-refractivity contribution is 0.0625. The van der Waals surface area contributed by atoms with Crippen LogP contribution in [0.3, 0.4) is 0 Å². The van der Waals surface area contributed by atoms with E-state index in [9.17, 15) is 4.39 Å². The fraction of sp³-hybridized carbons (Fsp3) is 0.545. The summed E-state index contributed by atoms with van der Waals surface area (Å²) in [5.74, 6) is -0.0725. The van der Waals surface area contributed by atoms with Crippen LogP contribution in [0.25, 0.3) is 0 Å². The maximum atomic E-state index is 13.5. The monoisotopic (exact) mass is 225 g/mol. The zero-order chi connectivity index (χ0) is 11.4. The van der Waals surface area contributed by atoms with Crippen LogP contribution in [-0.2, 0) is 4.74 Å². The normalized spacial score (nSPS) is 19.4. The lowest BCUT2D eigenvalue weighted by atomic mass is 9.90. The van der Waals surface area contributed by atoms with Gasteiger partial charge in [0, 0.05) is 26.0 Å². The zero-order valence-electron chi connectivity index (χ0n) is 9.08. The second kappa shape index (κ2) is 4.76. The van der Waals surface area contributed by atoms with Gasteiger partial charge in [0.05, 0.1) is 5.54 Å². The van der Waals surface area contributed by atoms with E-state index in [1.165, 1.54) is 6.07 Å². The minimum atomic E-state index is -0.346. The summed E-state index contributed by atoms with van der Waals surface area (Å²) in [7, 11) is 0. The highest BCUT2D eigenvalue weighted by atomic mass is 19.1. The summed E-state index contributed by atoms with van der Waals surface area (Å²) in [4.78, 5) is 3.98. The number of anilines is 1. The topological polar surface area (TPSA) is 60.2 Å². The third kappa shape index (κ3) is 2.31. The highest BCUT2D eigenvalue weighted by Crippen LogP contribution is 2.25. The summed E-state index contributed by atoms with van der Waals surface area (Å²) < 4.78 is 18.7. The van der Waals surface area contributed by atoms with E-state index in [2.05, 4.69) is 10.3 Å². The molecule has 0 saturated carbocycles. The fourth-order valence-corrected chi connectivity index (χ4v) is 1.87. The van der Waals surface area contributed by atoms with Crippen molar-refractivity contribution in [3.8, 4) is 0 Å². The molecule has 1 aromatic rings. The first-order chi connectivity index (χ1) is 7.76. The van der Waals surface area contributed by atoms with E-state index in [1.54, 1.807) is 12.3 Å². The number of hydrogen-bond acceptors (Lipinski definition) is 4. The van der Waals surface area contributed by atoms with Gasteiger partial charge in [0.2, 0.25) is 0 Å². The van der Waals surface area contributed by atoms with Crippen molar-refractivity contribution in [3.05, 3.63) is 24.1 Å². The molecule has 0 atom stereocenters. The van der Waals surface area contributed by atoms with E-state index in [0.717, 1.165) is 12.8 Å². The highest BCUT2D eigenvalue weighted by Gasteiger charge is 2.31. The van der Waals surface area contributed by atoms with Crippen molar-refractivity contribution in [2.24, 2.45) is 5.73 Å². The Kier molecular flexibility index (Phi) is 3.36. The molecule has 3 N–H and O–H groups in total. The van der Waals surface area contributed by atoms with Crippen LogP contribution in [0.5, 0.6) is 0 Å². The summed E-state index contributed by atoms with van der Waals surface area (Å²) >= 11 is 0. The van der Waals surface area contributed by atoms with Crippen molar-refractivity contribution in [1.82, 2.24) is 4.98 Å². The molecule has 4 nitrogen and oxygen atoms in total. The summed E-state index contributed by atoms with van der Waals surface area (Å²) in [5, 5.41) is 3.12. The molecule has 2 rings (SSSR count). The Morgan fingerprint density at radius 2 is 2.25 bits per heavy atom. The maximum absolute atomic E-state index is 13.5. The fourth-order valence-electron chi connectivity index (χ4n) is 1.87. The number of nitrogens with zero attached hydrogens (tertiary/aromatic N) is 1. The Labute approximate surface area is 94.0 Å². The number of halogens is 1. The molecule has 1 saturated heterocycles. The van der Waals surface area contributed by atoms with Crippen LogP contribution in [-0.4, -0.2) is 30.3 Å². The molecule has 0 radical (unpaired) electrons. The molecular weight excluding hydrogens is 209 g/mol. The van der Waals surface area contributed by atoms with Gasteiger partial charge in [-0.15, -0.1) is 0 Å². The van der Waals surface area contributed by atoms with E-state index < -0.39 is 0 Å². The van der Waals surface area contributed by atoms with Gasteiger partial charge in [-0.3, -0.25) is 0 Å². The standard InChI is InChI=1S/C11H16FN3O/c12-9-2-1-5-14-10(9)15-11(8-13)3-6-16-7-4-11/h1-2,5H,3-4,6-8,13H2,(H,14,15). The number of ether oxygens (including phenoxy) is 1. The Bertz CT molecular complexity index is 353. The van der Waals surface area contributed by atoms with Gasteiger partial charge in [-0.05, 0) is 25.0 Å². The van der Waals surface area contributed by atoms with Gasteiger partial charge >= 0.3 is 0 Å². The van der Waals surface area contributed by atoms with Gasteiger partial charge in [0.1, 0.15) is 0 Å². The second-order valence-corrected chi connectivity index (χ2v) is 4.06. The molecule has 88 valence electrons. The van der Waals surface area contributed by atoms with E-state index in [0.29, 0.717) is 19.8 Å². The first kappa shape index (κ1) is 11.3.